The van der Waals surface area contributed by atoms with Crippen LogP contribution in [0.25, 0.3) is 0 Å². The van der Waals surface area contributed by atoms with E-state index in [0.717, 1.165) is 11.8 Å². The van der Waals surface area contributed by atoms with Crippen molar-refractivity contribution >= 4 is 29.5 Å². The van der Waals surface area contributed by atoms with Gasteiger partial charge in [-0.25, -0.2) is 18.6 Å². The third kappa shape index (κ3) is 6.48. The predicted molar refractivity (Wildman–Crippen MR) is 148 cm³/mol. The number of rotatable bonds is 5. The minimum absolute atomic E-state index is 0.0289. The molecule has 2 fully saturated rings. The Morgan fingerprint density at radius 1 is 0.902 bits per heavy atom. The molecule has 11 heteroatoms. The Labute approximate surface area is 241 Å². The molecule has 3 heterocycles. The molecule has 0 N–H and O–H groups in total. The first-order valence-corrected chi connectivity index (χ1v) is 13.7. The highest BCUT2D eigenvalue weighted by Crippen LogP contribution is 2.34. The zero-order chi connectivity index (χ0) is 29.1. The molecule has 8 nitrogen and oxygen atoms in total. The standard InChI is InChI=1S/C30H29ClF2N4O4/c1-35(30(40)41-24-9-6-22(32)7-10-24)27-18-37(17-25(27)19-2-4-21(31)5-3-19)28(38)20-12-14-36(15-13-20)29(39)26-11-8-23(33)16-34-26/h2-11,16,20,25,27H,12-15,17-18H2,1H3. The minimum atomic E-state index is -0.615. The number of likely N-dealkylation sites (N-methyl/N-ethyl adjacent to an activating group) is 1. The van der Waals surface area contributed by atoms with E-state index in [9.17, 15) is 23.2 Å². The van der Waals surface area contributed by atoms with Gasteiger partial charge in [0, 0.05) is 50.1 Å². The highest BCUT2D eigenvalue weighted by Gasteiger charge is 2.42. The van der Waals surface area contributed by atoms with Gasteiger partial charge >= 0.3 is 6.09 Å². The van der Waals surface area contributed by atoms with E-state index in [-0.39, 0.29) is 41.1 Å². The lowest BCUT2D eigenvalue weighted by molar-refractivity contribution is -0.136. The molecule has 3 amide bonds. The Morgan fingerprint density at radius 2 is 1.56 bits per heavy atom. The van der Waals surface area contributed by atoms with Gasteiger partial charge in [-0.15, -0.1) is 0 Å². The van der Waals surface area contributed by atoms with Gasteiger partial charge in [-0.1, -0.05) is 23.7 Å². The van der Waals surface area contributed by atoms with Crippen LogP contribution >= 0.6 is 11.6 Å². The molecular formula is C30H29ClF2N4O4. The normalized spacial score (nSPS) is 19.2. The topological polar surface area (TPSA) is 83.0 Å². The fourth-order valence-electron chi connectivity index (χ4n) is 5.46. The Kier molecular flexibility index (Phi) is 8.49. The maximum Gasteiger partial charge on any atom is 0.415 e. The van der Waals surface area contributed by atoms with E-state index in [4.69, 9.17) is 16.3 Å². The van der Waals surface area contributed by atoms with E-state index in [1.807, 2.05) is 12.1 Å². The number of pyridine rings is 1. The molecule has 214 valence electrons. The summed E-state index contributed by atoms with van der Waals surface area (Å²) in [5.41, 5.74) is 1.10. The number of amides is 3. The fraction of sp³-hybridized carbons (Fsp3) is 0.333. The summed E-state index contributed by atoms with van der Waals surface area (Å²) in [6.45, 7) is 1.48. The van der Waals surface area contributed by atoms with Crippen LogP contribution in [0, 0.1) is 17.6 Å². The molecule has 0 aliphatic carbocycles. The molecule has 2 aromatic carbocycles. The number of benzene rings is 2. The number of ether oxygens (including phenoxy) is 1. The van der Waals surface area contributed by atoms with Crippen molar-refractivity contribution in [1.29, 1.82) is 0 Å². The first kappa shape index (κ1) is 28.5. The number of carbonyl (C=O) groups is 3. The van der Waals surface area contributed by atoms with E-state index in [0.29, 0.717) is 44.0 Å². The smallest absolute Gasteiger partial charge is 0.410 e. The van der Waals surface area contributed by atoms with Crippen LogP contribution < -0.4 is 4.74 Å². The van der Waals surface area contributed by atoms with Crippen LogP contribution in [-0.2, 0) is 4.79 Å². The summed E-state index contributed by atoms with van der Waals surface area (Å²) in [6, 6.07) is 14.7. The molecule has 1 aromatic heterocycles. The van der Waals surface area contributed by atoms with Gasteiger partial charge in [0.25, 0.3) is 5.91 Å². The molecule has 0 saturated carbocycles. The van der Waals surface area contributed by atoms with Crippen LogP contribution in [0.15, 0.2) is 66.9 Å². The van der Waals surface area contributed by atoms with Crippen LogP contribution in [0.5, 0.6) is 5.75 Å². The molecule has 5 rings (SSSR count). The second kappa shape index (κ2) is 12.2. The first-order valence-electron chi connectivity index (χ1n) is 13.3. The second-order valence-electron chi connectivity index (χ2n) is 10.3. The van der Waals surface area contributed by atoms with Crippen molar-refractivity contribution in [3.05, 3.63) is 94.8 Å². The number of nitrogens with zero attached hydrogens (tertiary/aromatic N) is 4. The molecule has 0 bridgehead atoms. The molecule has 2 atom stereocenters. The lowest BCUT2D eigenvalue weighted by Crippen LogP contribution is -2.46. The number of carbonyl (C=O) groups excluding carboxylic acids is 3. The largest absolute Gasteiger partial charge is 0.415 e. The van der Waals surface area contributed by atoms with E-state index < -0.39 is 17.7 Å². The highest BCUT2D eigenvalue weighted by atomic mass is 35.5. The number of halogens is 3. The number of hydrogen-bond acceptors (Lipinski definition) is 5. The number of likely N-dealkylation sites (tertiary alicyclic amines) is 2. The van der Waals surface area contributed by atoms with Gasteiger partial charge < -0.3 is 19.4 Å². The Balaban J connectivity index is 1.26. The van der Waals surface area contributed by atoms with Gasteiger partial charge in [0.1, 0.15) is 23.1 Å². The van der Waals surface area contributed by atoms with Crippen molar-refractivity contribution in [3.63, 3.8) is 0 Å². The first-order chi connectivity index (χ1) is 19.7. The van der Waals surface area contributed by atoms with Crippen molar-refractivity contribution < 1.29 is 27.9 Å². The van der Waals surface area contributed by atoms with Gasteiger partial charge in [0.2, 0.25) is 5.91 Å². The third-order valence-corrected chi connectivity index (χ3v) is 8.03. The number of aromatic nitrogens is 1. The summed E-state index contributed by atoms with van der Waals surface area (Å²) in [7, 11) is 1.63. The monoisotopic (exact) mass is 582 g/mol. The lowest BCUT2D eigenvalue weighted by Gasteiger charge is -2.33. The summed E-state index contributed by atoms with van der Waals surface area (Å²) in [4.78, 5) is 48.2. The molecule has 41 heavy (non-hydrogen) atoms. The SMILES string of the molecule is CN(C(=O)Oc1ccc(F)cc1)C1CN(C(=O)C2CCN(C(=O)c3ccc(F)cn3)CC2)CC1c1ccc(Cl)cc1. The predicted octanol–water partition coefficient (Wildman–Crippen LogP) is 4.99. The van der Waals surface area contributed by atoms with Crippen molar-refractivity contribution in [1.82, 2.24) is 19.7 Å². The minimum Gasteiger partial charge on any atom is -0.410 e. The lowest BCUT2D eigenvalue weighted by atomic mass is 9.93. The van der Waals surface area contributed by atoms with E-state index in [2.05, 4.69) is 4.98 Å². The van der Waals surface area contributed by atoms with Crippen LogP contribution in [0.3, 0.4) is 0 Å². The van der Waals surface area contributed by atoms with Gasteiger partial charge in [-0.05, 0) is 66.9 Å². The number of piperidine rings is 1. The summed E-state index contributed by atoms with van der Waals surface area (Å²) >= 11 is 6.11. The molecule has 0 radical (unpaired) electrons. The maximum atomic E-state index is 13.7. The molecule has 0 spiro atoms. The van der Waals surface area contributed by atoms with Crippen molar-refractivity contribution in [3.8, 4) is 5.75 Å². The summed E-state index contributed by atoms with van der Waals surface area (Å²) < 4.78 is 31.9. The van der Waals surface area contributed by atoms with Gasteiger partial charge in [-0.2, -0.15) is 0 Å². The van der Waals surface area contributed by atoms with E-state index in [1.54, 1.807) is 29.0 Å². The Morgan fingerprint density at radius 3 is 2.20 bits per heavy atom. The average molecular weight is 583 g/mol. The van der Waals surface area contributed by atoms with Crippen LogP contribution in [0.1, 0.15) is 34.8 Å². The molecule has 3 aromatic rings. The van der Waals surface area contributed by atoms with E-state index >= 15 is 0 Å². The zero-order valence-corrected chi connectivity index (χ0v) is 23.1. The third-order valence-electron chi connectivity index (χ3n) is 7.78. The summed E-state index contributed by atoms with van der Waals surface area (Å²) in [5.74, 6) is -1.52. The van der Waals surface area contributed by atoms with Crippen LogP contribution in [0.4, 0.5) is 13.6 Å². The number of hydrogen-bond donors (Lipinski definition) is 0. The summed E-state index contributed by atoms with van der Waals surface area (Å²) in [5, 5.41) is 0.581. The van der Waals surface area contributed by atoms with Gasteiger partial charge in [0.15, 0.2) is 0 Å². The maximum absolute atomic E-state index is 13.7. The fourth-order valence-corrected chi connectivity index (χ4v) is 5.59. The molecule has 2 unspecified atom stereocenters. The van der Waals surface area contributed by atoms with Crippen molar-refractivity contribution in [2.45, 2.75) is 24.8 Å². The quantitative estimate of drug-likeness (QED) is 0.423. The van der Waals surface area contributed by atoms with Gasteiger partial charge in [0.05, 0.1) is 12.2 Å². The average Bonchev–Trinajstić information content (AvgIpc) is 3.43. The van der Waals surface area contributed by atoms with Crippen molar-refractivity contribution in [2.75, 3.05) is 33.2 Å². The second-order valence-corrected chi connectivity index (χ2v) is 10.8. The summed E-state index contributed by atoms with van der Waals surface area (Å²) in [6.07, 6.45) is 1.37. The highest BCUT2D eigenvalue weighted by molar-refractivity contribution is 6.30. The molecule has 2 aliphatic rings. The van der Waals surface area contributed by atoms with Crippen LogP contribution in [0.2, 0.25) is 5.02 Å². The van der Waals surface area contributed by atoms with Crippen molar-refractivity contribution in [2.24, 2.45) is 5.92 Å². The Bertz CT molecular complexity index is 1400. The molecule has 2 saturated heterocycles. The zero-order valence-electron chi connectivity index (χ0n) is 22.4. The Hall–Kier alpha value is -4.05. The van der Waals surface area contributed by atoms with E-state index in [1.165, 1.54) is 41.3 Å². The molecular weight excluding hydrogens is 554 g/mol. The van der Waals surface area contributed by atoms with Gasteiger partial charge in [-0.3, -0.25) is 9.59 Å². The van der Waals surface area contributed by atoms with Crippen LogP contribution in [-0.4, -0.2) is 76.9 Å². The molecule has 2 aliphatic heterocycles.